The molecule has 0 fully saturated rings. The van der Waals surface area contributed by atoms with E-state index in [1.165, 1.54) is 0 Å². The van der Waals surface area contributed by atoms with Gasteiger partial charge in [0.1, 0.15) is 5.75 Å². The number of ether oxygens (including phenoxy) is 1. The van der Waals surface area contributed by atoms with Crippen LogP contribution in [0.5, 0.6) is 5.75 Å². The molecule has 0 spiro atoms. The van der Waals surface area contributed by atoms with Crippen molar-refractivity contribution in [3.8, 4) is 5.75 Å². The maximum atomic E-state index is 12.1. The zero-order valence-electron chi connectivity index (χ0n) is 11.1. The highest BCUT2D eigenvalue weighted by atomic mass is 35.5. The van der Waals surface area contributed by atoms with E-state index in [0.29, 0.717) is 26.5 Å². The molecule has 0 radical (unpaired) electrons. The van der Waals surface area contributed by atoms with Gasteiger partial charge in [-0.25, -0.2) is 0 Å². The molecule has 1 amide bonds. The molecule has 0 aliphatic heterocycles. The first-order valence-electron chi connectivity index (χ1n) is 6.14. The lowest BCUT2D eigenvalue weighted by molar-refractivity contribution is -0.122. The molecule has 0 saturated heterocycles. The van der Waals surface area contributed by atoms with Crippen LogP contribution in [0.3, 0.4) is 0 Å². The van der Waals surface area contributed by atoms with Crippen LogP contribution < -0.4 is 10.1 Å². The van der Waals surface area contributed by atoms with E-state index in [9.17, 15) is 4.79 Å². The lowest BCUT2D eigenvalue weighted by atomic mass is 10.3. The zero-order valence-corrected chi connectivity index (χ0v) is 13.3. The largest absolute Gasteiger partial charge is 0.479 e. The third kappa shape index (κ3) is 4.53. The van der Waals surface area contributed by atoms with Gasteiger partial charge in [-0.05, 0) is 37.3 Å². The minimum Gasteiger partial charge on any atom is -0.479 e. The number of carbonyl (C=O) groups is 1. The van der Waals surface area contributed by atoms with E-state index in [1.54, 1.807) is 49.4 Å². The molecule has 2 aromatic carbocycles. The molecule has 0 aromatic heterocycles. The summed E-state index contributed by atoms with van der Waals surface area (Å²) in [5.41, 5.74) is 0.507. The summed E-state index contributed by atoms with van der Waals surface area (Å²) in [6, 6.07) is 11.8. The summed E-state index contributed by atoms with van der Waals surface area (Å²) in [6.45, 7) is 1.63. The first-order valence-corrected chi connectivity index (χ1v) is 7.27. The van der Waals surface area contributed by atoms with Crippen LogP contribution in [-0.2, 0) is 4.79 Å². The fraction of sp³-hybridized carbons (Fsp3) is 0.133. The van der Waals surface area contributed by atoms with Gasteiger partial charge in [-0.15, -0.1) is 0 Å². The van der Waals surface area contributed by atoms with E-state index in [0.717, 1.165) is 0 Å². The van der Waals surface area contributed by atoms with Crippen molar-refractivity contribution in [1.82, 2.24) is 0 Å². The molecular weight excluding hydrogens is 333 g/mol. The van der Waals surface area contributed by atoms with Gasteiger partial charge < -0.3 is 10.1 Å². The van der Waals surface area contributed by atoms with Crippen LogP contribution >= 0.6 is 34.8 Å². The van der Waals surface area contributed by atoms with Crippen LogP contribution in [0.15, 0.2) is 42.5 Å². The SMILES string of the molecule is C[C@H](Oc1ccccc1Cl)C(=O)Nc1cc(Cl)cc(Cl)c1. The van der Waals surface area contributed by atoms with Gasteiger partial charge in [0.25, 0.3) is 5.91 Å². The second kappa shape index (κ2) is 7.03. The van der Waals surface area contributed by atoms with Crippen LogP contribution in [0.2, 0.25) is 15.1 Å². The van der Waals surface area contributed by atoms with Crippen molar-refractivity contribution in [2.24, 2.45) is 0 Å². The molecule has 0 bridgehead atoms. The number of para-hydroxylation sites is 1. The molecule has 2 rings (SSSR count). The number of nitrogens with one attached hydrogen (secondary N) is 1. The summed E-state index contributed by atoms with van der Waals surface area (Å²) >= 11 is 17.7. The minimum absolute atomic E-state index is 0.326. The van der Waals surface area contributed by atoms with Crippen LogP contribution in [0.25, 0.3) is 0 Å². The summed E-state index contributed by atoms with van der Waals surface area (Å²) in [7, 11) is 0. The van der Waals surface area contributed by atoms with Crippen molar-refractivity contribution in [2.45, 2.75) is 13.0 Å². The van der Waals surface area contributed by atoms with Gasteiger partial charge in [-0.1, -0.05) is 46.9 Å². The standard InChI is InChI=1S/C15H12Cl3NO2/c1-9(21-14-5-3-2-4-13(14)18)15(20)19-12-7-10(16)6-11(17)8-12/h2-9H,1H3,(H,19,20)/t9-/m0/s1. The Morgan fingerprint density at radius 2 is 1.71 bits per heavy atom. The van der Waals surface area contributed by atoms with Gasteiger partial charge in [0.15, 0.2) is 6.10 Å². The van der Waals surface area contributed by atoms with Crippen molar-refractivity contribution in [3.05, 3.63) is 57.5 Å². The number of carbonyl (C=O) groups excluding carboxylic acids is 1. The van der Waals surface area contributed by atoms with Crippen molar-refractivity contribution < 1.29 is 9.53 Å². The summed E-state index contributed by atoms with van der Waals surface area (Å²) in [5, 5.41) is 4.02. The molecule has 1 N–H and O–H groups in total. The Hall–Kier alpha value is -1.42. The van der Waals surface area contributed by atoms with Gasteiger partial charge >= 0.3 is 0 Å². The molecule has 0 aliphatic rings. The highest BCUT2D eigenvalue weighted by Gasteiger charge is 2.16. The fourth-order valence-corrected chi connectivity index (χ4v) is 2.36. The number of benzene rings is 2. The van der Waals surface area contributed by atoms with Gasteiger partial charge in [-0.2, -0.15) is 0 Å². The average molecular weight is 345 g/mol. The van der Waals surface area contributed by atoms with Gasteiger partial charge in [0.2, 0.25) is 0 Å². The first-order chi connectivity index (χ1) is 9.95. The molecule has 6 heteroatoms. The summed E-state index contributed by atoms with van der Waals surface area (Å²) in [4.78, 5) is 12.1. The van der Waals surface area contributed by atoms with E-state index in [2.05, 4.69) is 5.32 Å². The normalized spacial score (nSPS) is 11.8. The average Bonchev–Trinajstić information content (AvgIpc) is 2.40. The Kier molecular flexibility index (Phi) is 5.34. The van der Waals surface area contributed by atoms with E-state index in [4.69, 9.17) is 39.5 Å². The van der Waals surface area contributed by atoms with E-state index in [-0.39, 0.29) is 5.91 Å². The molecule has 110 valence electrons. The number of halogens is 3. The second-order valence-corrected chi connectivity index (χ2v) is 5.62. The first kappa shape index (κ1) is 16.0. The molecular formula is C15H12Cl3NO2. The summed E-state index contributed by atoms with van der Waals surface area (Å²) < 4.78 is 5.53. The number of hydrogen-bond donors (Lipinski definition) is 1. The van der Waals surface area contributed by atoms with E-state index < -0.39 is 6.10 Å². The van der Waals surface area contributed by atoms with E-state index >= 15 is 0 Å². The Bertz CT molecular complexity index is 641. The Labute approximate surface area is 137 Å². The molecule has 2 aromatic rings. The third-order valence-electron chi connectivity index (χ3n) is 2.64. The lowest BCUT2D eigenvalue weighted by Crippen LogP contribution is -2.30. The third-order valence-corrected chi connectivity index (χ3v) is 3.39. The Morgan fingerprint density at radius 1 is 1.10 bits per heavy atom. The van der Waals surface area contributed by atoms with Crippen LogP contribution in [-0.4, -0.2) is 12.0 Å². The minimum atomic E-state index is -0.720. The van der Waals surface area contributed by atoms with Crippen molar-refractivity contribution >= 4 is 46.4 Å². The molecule has 1 atom stereocenters. The monoisotopic (exact) mass is 343 g/mol. The van der Waals surface area contributed by atoms with Crippen LogP contribution in [0.4, 0.5) is 5.69 Å². The van der Waals surface area contributed by atoms with Crippen LogP contribution in [0, 0.1) is 0 Å². The lowest BCUT2D eigenvalue weighted by Gasteiger charge is -2.15. The maximum Gasteiger partial charge on any atom is 0.265 e. The highest BCUT2D eigenvalue weighted by molar-refractivity contribution is 6.35. The Balaban J connectivity index is 2.04. The maximum absolute atomic E-state index is 12.1. The Morgan fingerprint density at radius 3 is 2.33 bits per heavy atom. The predicted molar refractivity (Wildman–Crippen MR) is 86.6 cm³/mol. The van der Waals surface area contributed by atoms with Gasteiger partial charge in [0.05, 0.1) is 5.02 Å². The summed E-state index contributed by atoms with van der Waals surface area (Å²) in [5.74, 6) is 0.124. The van der Waals surface area contributed by atoms with Gasteiger partial charge in [-0.3, -0.25) is 4.79 Å². The number of rotatable bonds is 4. The molecule has 0 aliphatic carbocycles. The molecule has 21 heavy (non-hydrogen) atoms. The molecule has 0 heterocycles. The number of anilines is 1. The smallest absolute Gasteiger partial charge is 0.265 e. The molecule has 0 unspecified atom stereocenters. The van der Waals surface area contributed by atoms with Crippen molar-refractivity contribution in [3.63, 3.8) is 0 Å². The van der Waals surface area contributed by atoms with Crippen molar-refractivity contribution in [1.29, 1.82) is 0 Å². The second-order valence-electron chi connectivity index (χ2n) is 4.34. The van der Waals surface area contributed by atoms with Crippen molar-refractivity contribution in [2.75, 3.05) is 5.32 Å². The number of amides is 1. The molecule has 3 nitrogen and oxygen atoms in total. The predicted octanol–water partition coefficient (Wildman–Crippen LogP) is 5.05. The summed E-state index contributed by atoms with van der Waals surface area (Å²) in [6.07, 6.45) is -0.720. The van der Waals surface area contributed by atoms with E-state index in [1.807, 2.05) is 0 Å². The zero-order chi connectivity index (χ0) is 15.4. The highest BCUT2D eigenvalue weighted by Crippen LogP contribution is 2.25. The topological polar surface area (TPSA) is 38.3 Å². The van der Waals surface area contributed by atoms with Gasteiger partial charge in [0, 0.05) is 15.7 Å². The molecule has 0 saturated carbocycles. The van der Waals surface area contributed by atoms with Crippen LogP contribution in [0.1, 0.15) is 6.92 Å². The quantitative estimate of drug-likeness (QED) is 0.842. The number of hydrogen-bond acceptors (Lipinski definition) is 2. The fourth-order valence-electron chi connectivity index (χ4n) is 1.65.